The second kappa shape index (κ2) is 6.07. The van der Waals surface area contributed by atoms with Crippen LogP contribution in [0.2, 0.25) is 0 Å². The molecule has 0 aliphatic heterocycles. The van der Waals surface area contributed by atoms with Crippen LogP contribution in [-0.4, -0.2) is 33.5 Å². The summed E-state index contributed by atoms with van der Waals surface area (Å²) in [5.41, 5.74) is 3.13. The van der Waals surface area contributed by atoms with Crippen molar-refractivity contribution in [3.8, 4) is 0 Å². The molecule has 0 saturated heterocycles. The molecule has 9 heteroatoms. The number of hydrogen-bond donors (Lipinski definition) is 3. The number of urea groups is 1. The van der Waals surface area contributed by atoms with E-state index in [1.807, 2.05) is 6.07 Å². The molecule has 2 amide bonds. The van der Waals surface area contributed by atoms with E-state index >= 15 is 0 Å². The molecule has 96 valence electrons. The fraction of sp³-hybridized carbons (Fsp3) is 0.333. The van der Waals surface area contributed by atoms with Crippen LogP contribution in [0.4, 0.5) is 9.93 Å². The Labute approximate surface area is 107 Å². The fourth-order valence-corrected chi connectivity index (χ4v) is 1.71. The van der Waals surface area contributed by atoms with Gasteiger partial charge < -0.3 is 10.1 Å². The molecule has 2 aromatic rings. The van der Waals surface area contributed by atoms with Gasteiger partial charge in [0.25, 0.3) is 0 Å². The van der Waals surface area contributed by atoms with Crippen molar-refractivity contribution in [1.29, 1.82) is 0 Å². The molecular formula is C9H12N6O2S. The number of aromatic amines is 1. The average molecular weight is 268 g/mol. The van der Waals surface area contributed by atoms with Gasteiger partial charge in [-0.3, -0.25) is 10.4 Å². The van der Waals surface area contributed by atoms with Crippen LogP contribution in [0.25, 0.3) is 0 Å². The highest BCUT2D eigenvalue weighted by molar-refractivity contribution is 7.13. The van der Waals surface area contributed by atoms with Crippen LogP contribution < -0.4 is 10.6 Å². The number of amides is 2. The second-order valence-corrected chi connectivity index (χ2v) is 4.20. The third-order valence-corrected chi connectivity index (χ3v) is 2.60. The van der Waals surface area contributed by atoms with E-state index in [1.54, 1.807) is 12.6 Å². The Hall–Kier alpha value is -2.00. The first kappa shape index (κ1) is 12.5. The fourth-order valence-electron chi connectivity index (χ4n) is 1.27. The zero-order valence-corrected chi connectivity index (χ0v) is 10.5. The van der Waals surface area contributed by atoms with Crippen molar-refractivity contribution in [2.75, 3.05) is 12.4 Å². The largest absolute Gasteiger partial charge is 0.378 e. The quantitative estimate of drug-likeness (QED) is 0.741. The minimum atomic E-state index is -0.338. The van der Waals surface area contributed by atoms with Gasteiger partial charge in [0, 0.05) is 7.11 Å². The van der Waals surface area contributed by atoms with Crippen molar-refractivity contribution in [2.45, 2.75) is 13.2 Å². The van der Waals surface area contributed by atoms with Gasteiger partial charge in [-0.15, -0.1) is 10.2 Å². The Balaban J connectivity index is 1.78. The van der Waals surface area contributed by atoms with E-state index in [0.29, 0.717) is 18.3 Å². The standard InChI is InChI=1S/C9H12N6O2S/c1-17-4-7-2-6(13-14-7)3-10-8(16)12-9-15-11-5-18-9/h2,5H,3-4H2,1H3,(H,13,14)(H2,10,12,15,16). The van der Waals surface area contributed by atoms with Gasteiger partial charge in [0.15, 0.2) is 0 Å². The molecule has 0 spiro atoms. The van der Waals surface area contributed by atoms with Gasteiger partial charge >= 0.3 is 6.03 Å². The number of ether oxygens (including phenoxy) is 1. The summed E-state index contributed by atoms with van der Waals surface area (Å²) in [6, 6.07) is 1.49. The van der Waals surface area contributed by atoms with Gasteiger partial charge in [0.1, 0.15) is 5.51 Å². The van der Waals surface area contributed by atoms with Gasteiger partial charge in [-0.2, -0.15) is 5.10 Å². The van der Waals surface area contributed by atoms with E-state index in [1.165, 1.54) is 11.3 Å². The molecule has 18 heavy (non-hydrogen) atoms. The second-order valence-electron chi connectivity index (χ2n) is 3.37. The first-order chi connectivity index (χ1) is 8.78. The number of nitrogens with zero attached hydrogens (tertiary/aromatic N) is 3. The number of carbonyl (C=O) groups excluding carboxylic acids is 1. The molecule has 0 aromatic carbocycles. The van der Waals surface area contributed by atoms with Crippen LogP contribution in [0.1, 0.15) is 11.4 Å². The molecule has 0 unspecified atom stereocenters. The number of hydrogen-bond acceptors (Lipinski definition) is 6. The first-order valence-electron chi connectivity index (χ1n) is 5.11. The molecule has 0 radical (unpaired) electrons. The molecule has 0 saturated carbocycles. The smallest absolute Gasteiger partial charge is 0.321 e. The Morgan fingerprint density at radius 3 is 3.22 bits per heavy atom. The van der Waals surface area contributed by atoms with Gasteiger partial charge in [0.2, 0.25) is 5.13 Å². The molecule has 0 atom stereocenters. The molecule has 0 aliphatic rings. The minimum Gasteiger partial charge on any atom is -0.378 e. The number of H-pyrrole nitrogens is 1. The van der Waals surface area contributed by atoms with Crippen molar-refractivity contribution in [2.24, 2.45) is 0 Å². The summed E-state index contributed by atoms with van der Waals surface area (Å²) < 4.78 is 4.94. The van der Waals surface area contributed by atoms with E-state index in [0.717, 1.165) is 11.4 Å². The van der Waals surface area contributed by atoms with E-state index in [2.05, 4.69) is 31.0 Å². The Morgan fingerprint density at radius 1 is 1.61 bits per heavy atom. The Bertz CT molecular complexity index is 497. The number of nitrogens with one attached hydrogen (secondary N) is 3. The maximum absolute atomic E-state index is 11.5. The highest BCUT2D eigenvalue weighted by Gasteiger charge is 2.05. The van der Waals surface area contributed by atoms with Gasteiger partial charge in [-0.1, -0.05) is 11.3 Å². The molecule has 2 heterocycles. The molecular weight excluding hydrogens is 256 g/mol. The van der Waals surface area contributed by atoms with Gasteiger partial charge in [-0.25, -0.2) is 4.79 Å². The number of carbonyl (C=O) groups is 1. The monoisotopic (exact) mass is 268 g/mol. The summed E-state index contributed by atoms with van der Waals surface area (Å²) in [4.78, 5) is 11.5. The van der Waals surface area contributed by atoms with E-state index in [4.69, 9.17) is 4.74 Å². The predicted octanol–water partition coefficient (Wildman–Crippen LogP) is 0.729. The summed E-state index contributed by atoms with van der Waals surface area (Å²) in [7, 11) is 1.60. The lowest BCUT2D eigenvalue weighted by molar-refractivity contribution is 0.181. The zero-order valence-electron chi connectivity index (χ0n) is 9.64. The minimum absolute atomic E-state index is 0.338. The maximum atomic E-state index is 11.5. The molecule has 0 aliphatic carbocycles. The third kappa shape index (κ3) is 3.50. The maximum Gasteiger partial charge on any atom is 0.321 e. The van der Waals surface area contributed by atoms with Crippen LogP contribution in [-0.2, 0) is 17.9 Å². The SMILES string of the molecule is COCc1cc(CNC(=O)Nc2nncs2)[nH]n1. The predicted molar refractivity (Wildman–Crippen MR) is 65.1 cm³/mol. The van der Waals surface area contributed by atoms with Gasteiger partial charge in [0.05, 0.1) is 24.5 Å². The van der Waals surface area contributed by atoms with E-state index in [9.17, 15) is 4.79 Å². The van der Waals surface area contributed by atoms with Crippen molar-refractivity contribution in [3.05, 3.63) is 23.0 Å². The molecule has 2 rings (SSSR count). The summed E-state index contributed by atoms with van der Waals surface area (Å²) >= 11 is 1.25. The van der Waals surface area contributed by atoms with Crippen LogP contribution in [0.5, 0.6) is 0 Å². The van der Waals surface area contributed by atoms with Crippen molar-refractivity contribution in [1.82, 2.24) is 25.7 Å². The molecule has 8 nitrogen and oxygen atoms in total. The topological polar surface area (TPSA) is 105 Å². The Morgan fingerprint density at radius 2 is 2.50 bits per heavy atom. The van der Waals surface area contributed by atoms with Crippen molar-refractivity contribution < 1.29 is 9.53 Å². The number of aromatic nitrogens is 4. The third-order valence-electron chi connectivity index (χ3n) is 2.00. The number of anilines is 1. The first-order valence-corrected chi connectivity index (χ1v) is 5.99. The van der Waals surface area contributed by atoms with Gasteiger partial charge in [-0.05, 0) is 6.07 Å². The van der Waals surface area contributed by atoms with Crippen LogP contribution in [0, 0.1) is 0 Å². The highest BCUT2D eigenvalue weighted by atomic mass is 32.1. The van der Waals surface area contributed by atoms with Crippen LogP contribution in [0.3, 0.4) is 0 Å². The molecule has 0 fully saturated rings. The summed E-state index contributed by atoms with van der Waals surface area (Å²) in [5, 5.41) is 19.8. The molecule has 0 bridgehead atoms. The van der Waals surface area contributed by atoms with Crippen LogP contribution in [0.15, 0.2) is 11.6 Å². The van der Waals surface area contributed by atoms with E-state index < -0.39 is 0 Å². The van der Waals surface area contributed by atoms with Crippen LogP contribution >= 0.6 is 11.3 Å². The summed E-state index contributed by atoms with van der Waals surface area (Å²) in [6.45, 7) is 0.787. The van der Waals surface area contributed by atoms with E-state index in [-0.39, 0.29) is 6.03 Å². The molecule has 3 N–H and O–H groups in total. The lowest BCUT2D eigenvalue weighted by atomic mass is 10.3. The number of rotatable bonds is 5. The number of methoxy groups -OCH3 is 1. The lowest BCUT2D eigenvalue weighted by Gasteiger charge is -2.02. The summed E-state index contributed by atoms with van der Waals surface area (Å²) in [5.74, 6) is 0. The average Bonchev–Trinajstić information content (AvgIpc) is 2.99. The van der Waals surface area contributed by atoms with Crippen molar-refractivity contribution >= 4 is 22.5 Å². The summed E-state index contributed by atoms with van der Waals surface area (Å²) in [6.07, 6.45) is 0. The Kier molecular flexibility index (Phi) is 4.20. The normalized spacial score (nSPS) is 10.3. The highest BCUT2D eigenvalue weighted by Crippen LogP contribution is 2.07. The lowest BCUT2D eigenvalue weighted by Crippen LogP contribution is -2.28. The zero-order chi connectivity index (χ0) is 12.8. The molecule has 2 aromatic heterocycles. The van der Waals surface area contributed by atoms with Crippen molar-refractivity contribution in [3.63, 3.8) is 0 Å².